The van der Waals surface area contributed by atoms with Crippen LogP contribution in [0.25, 0.3) is 0 Å². The molecule has 0 saturated carbocycles. The Balaban J connectivity index is 0.000000284. The van der Waals surface area contributed by atoms with E-state index in [-0.39, 0.29) is 28.6 Å². The van der Waals surface area contributed by atoms with Gasteiger partial charge in [0, 0.05) is 11.6 Å². The van der Waals surface area contributed by atoms with Crippen molar-refractivity contribution in [1.82, 2.24) is 0 Å². The molecule has 0 aliphatic heterocycles. The fraction of sp³-hybridized carbons (Fsp3) is 0.286. The summed E-state index contributed by atoms with van der Waals surface area (Å²) in [5, 5.41) is 0. The number of carbonyl (C=O) groups excluding carboxylic acids is 2. The van der Waals surface area contributed by atoms with Crippen LogP contribution >= 0.6 is 0 Å². The number of rotatable bonds is 2. The van der Waals surface area contributed by atoms with E-state index < -0.39 is 0 Å². The summed E-state index contributed by atoms with van der Waals surface area (Å²) < 4.78 is 0. The van der Waals surface area contributed by atoms with E-state index in [1.165, 1.54) is 0 Å². The van der Waals surface area contributed by atoms with Crippen LogP contribution in [0.2, 0.25) is 0 Å². The van der Waals surface area contributed by atoms with E-state index in [1.54, 1.807) is 13.8 Å². The molecule has 0 aromatic rings. The molecule has 2 rings (SSSR count). The molecule has 3 heteroatoms. The number of hydrogen-bond donors (Lipinski definition) is 0. The third-order valence-corrected chi connectivity index (χ3v) is 2.15. The molecule has 0 radical (unpaired) electrons. The molecular weight excluding hydrogens is 256 g/mol. The summed E-state index contributed by atoms with van der Waals surface area (Å²) in [6.45, 7) is 3.11. The summed E-state index contributed by atoms with van der Waals surface area (Å²) in [4.78, 5) is 21.0. The Bertz CT molecular complexity index is 372. The van der Waals surface area contributed by atoms with E-state index in [1.807, 2.05) is 24.3 Å². The van der Waals surface area contributed by atoms with Crippen molar-refractivity contribution < 1.29 is 26.7 Å². The van der Waals surface area contributed by atoms with E-state index in [0.29, 0.717) is 0 Å². The van der Waals surface area contributed by atoms with Gasteiger partial charge in [-0.05, 0) is 13.8 Å². The van der Waals surface area contributed by atoms with Gasteiger partial charge in [-0.1, -0.05) is 12.8 Å². The number of Topliss-reactive ketones (excluding diaryl/α,β-unsaturated/α-hetero) is 2. The van der Waals surface area contributed by atoms with E-state index in [0.717, 1.165) is 24.0 Å². The van der Waals surface area contributed by atoms with Crippen LogP contribution in [0.1, 0.15) is 26.7 Å². The van der Waals surface area contributed by atoms with Crippen LogP contribution in [0.4, 0.5) is 0 Å². The summed E-state index contributed by atoms with van der Waals surface area (Å²) in [5.41, 5.74) is 1.45. The number of allylic oxidation sites excluding steroid dienone is 8. The zero-order valence-corrected chi connectivity index (χ0v) is 11.0. The van der Waals surface area contributed by atoms with Gasteiger partial charge in [0.2, 0.25) is 0 Å². The minimum absolute atomic E-state index is 0. The molecule has 0 unspecified atom stereocenters. The molecule has 0 aromatic heterocycles. The van der Waals surface area contributed by atoms with Crippen LogP contribution in [-0.2, 0) is 26.7 Å². The standard InChI is InChI=1S/2C7H7O.Fe/c2*1-6(8)7-4-2-3-5-7;/h2*2,4H,3H2,1H3;/q2*-1;+2. The smallest absolute Gasteiger partial charge is 0.371 e. The van der Waals surface area contributed by atoms with E-state index >= 15 is 0 Å². The predicted octanol–water partition coefficient (Wildman–Crippen LogP) is 2.53. The van der Waals surface area contributed by atoms with E-state index in [4.69, 9.17) is 0 Å². The molecule has 2 nitrogen and oxygen atoms in total. The number of hydrogen-bond acceptors (Lipinski definition) is 2. The first-order valence-corrected chi connectivity index (χ1v) is 5.18. The van der Waals surface area contributed by atoms with Crippen molar-refractivity contribution in [1.29, 1.82) is 0 Å². The second-order valence-corrected chi connectivity index (χ2v) is 3.51. The molecule has 0 N–H and O–H groups in total. The minimum Gasteiger partial charge on any atom is -0.371 e. The number of ketones is 2. The normalized spacial score (nSPS) is 15.4. The zero-order chi connectivity index (χ0) is 12.0. The molecule has 0 spiro atoms. The summed E-state index contributed by atoms with van der Waals surface area (Å²) >= 11 is 0. The summed E-state index contributed by atoms with van der Waals surface area (Å²) in [6, 6.07) is 0. The monoisotopic (exact) mass is 270 g/mol. The van der Waals surface area contributed by atoms with Gasteiger partial charge in [0.1, 0.15) is 0 Å². The molecule has 0 atom stereocenters. The third kappa shape index (κ3) is 5.62. The SMILES string of the molecule is CC(=O)C1=[C-]CC=C1.CC(=O)C1=[C-]CC=C1.[Fe+2]. The van der Waals surface area contributed by atoms with Gasteiger partial charge in [-0.2, -0.15) is 35.5 Å². The van der Waals surface area contributed by atoms with Gasteiger partial charge >= 0.3 is 17.1 Å². The quantitative estimate of drug-likeness (QED) is 0.570. The van der Waals surface area contributed by atoms with Crippen LogP contribution in [0, 0.1) is 12.2 Å². The fourth-order valence-corrected chi connectivity index (χ4v) is 1.29. The number of carbonyl (C=O) groups is 2. The molecule has 0 bridgehead atoms. The largest absolute Gasteiger partial charge is 2.00 e. The van der Waals surface area contributed by atoms with E-state index in [2.05, 4.69) is 12.2 Å². The Kier molecular flexibility index (Phi) is 7.44. The average Bonchev–Trinajstić information content (AvgIpc) is 2.93. The van der Waals surface area contributed by atoms with Crippen LogP contribution in [0.15, 0.2) is 35.5 Å². The van der Waals surface area contributed by atoms with E-state index in [9.17, 15) is 9.59 Å². The molecule has 0 aromatic carbocycles. The first-order chi connectivity index (χ1) is 7.61. The van der Waals surface area contributed by atoms with Crippen molar-refractivity contribution in [3.05, 3.63) is 47.6 Å². The maximum Gasteiger partial charge on any atom is 2.00 e. The Morgan fingerprint density at radius 2 is 1.29 bits per heavy atom. The van der Waals surface area contributed by atoms with Gasteiger partial charge < -0.3 is 9.59 Å². The van der Waals surface area contributed by atoms with Crippen molar-refractivity contribution in [2.45, 2.75) is 26.7 Å². The zero-order valence-electron chi connectivity index (χ0n) is 9.89. The first-order valence-electron chi connectivity index (χ1n) is 5.18. The fourth-order valence-electron chi connectivity index (χ4n) is 1.29. The van der Waals surface area contributed by atoms with Gasteiger partial charge in [0.05, 0.1) is 0 Å². The molecule has 2 aliphatic carbocycles. The van der Waals surface area contributed by atoms with Gasteiger partial charge in [0.25, 0.3) is 0 Å². The van der Waals surface area contributed by atoms with Gasteiger partial charge in [0.15, 0.2) is 0 Å². The minimum atomic E-state index is 0. The summed E-state index contributed by atoms with van der Waals surface area (Å²) in [6.07, 6.45) is 14.9. The Labute approximate surface area is 113 Å². The Hall–Kier alpha value is -1.18. The van der Waals surface area contributed by atoms with Gasteiger partial charge in [-0.25, -0.2) is 0 Å². The van der Waals surface area contributed by atoms with Crippen LogP contribution < -0.4 is 0 Å². The summed E-state index contributed by atoms with van der Waals surface area (Å²) in [5.74, 6) is 0.220. The molecule has 2 aliphatic rings. The van der Waals surface area contributed by atoms with Gasteiger partial charge in [-0.15, -0.1) is 12.2 Å². The average molecular weight is 270 g/mol. The topological polar surface area (TPSA) is 34.1 Å². The summed E-state index contributed by atoms with van der Waals surface area (Å²) in [7, 11) is 0. The van der Waals surface area contributed by atoms with Crippen molar-refractivity contribution in [2.24, 2.45) is 0 Å². The molecule has 0 amide bonds. The first kappa shape index (κ1) is 15.8. The van der Waals surface area contributed by atoms with Crippen LogP contribution in [-0.4, -0.2) is 11.6 Å². The molecule has 90 valence electrons. The maximum absolute atomic E-state index is 10.5. The molecular formula is C14H14FeO2. The van der Waals surface area contributed by atoms with Crippen LogP contribution in [0.3, 0.4) is 0 Å². The molecule has 0 fully saturated rings. The van der Waals surface area contributed by atoms with Crippen LogP contribution in [0.5, 0.6) is 0 Å². The second-order valence-electron chi connectivity index (χ2n) is 3.51. The Morgan fingerprint density at radius 1 is 0.941 bits per heavy atom. The maximum atomic E-state index is 10.5. The second kappa shape index (κ2) is 7.99. The predicted molar refractivity (Wildman–Crippen MR) is 62.4 cm³/mol. The van der Waals surface area contributed by atoms with Gasteiger partial charge in [-0.3, -0.25) is 0 Å². The Morgan fingerprint density at radius 3 is 1.41 bits per heavy atom. The third-order valence-electron chi connectivity index (χ3n) is 2.15. The van der Waals surface area contributed by atoms with Crippen molar-refractivity contribution in [3.63, 3.8) is 0 Å². The molecule has 0 heterocycles. The van der Waals surface area contributed by atoms with Crippen molar-refractivity contribution >= 4 is 11.6 Å². The van der Waals surface area contributed by atoms with Crippen molar-refractivity contribution in [2.75, 3.05) is 0 Å². The van der Waals surface area contributed by atoms with Crippen molar-refractivity contribution in [3.8, 4) is 0 Å². The molecule has 17 heavy (non-hydrogen) atoms. The molecule has 0 saturated heterocycles.